The lowest BCUT2D eigenvalue weighted by atomic mass is 9.66. The first-order valence-corrected chi connectivity index (χ1v) is 26.5. The average molecular weight is 990 g/mol. The molecule has 1 saturated carbocycles. The molecule has 1 aromatic heterocycles. The van der Waals surface area contributed by atoms with Crippen LogP contribution in [-0.4, -0.2) is 137 Å². The molecular weight excluding hydrogens is 910 g/mol. The lowest BCUT2D eigenvalue weighted by Gasteiger charge is -2.48. The number of aliphatic imine (C=N–C) groups is 1. The van der Waals surface area contributed by atoms with Gasteiger partial charge in [-0.15, -0.1) is 5.10 Å². The van der Waals surface area contributed by atoms with Crippen molar-refractivity contribution < 1.29 is 56.4 Å². The number of carbonyl (C=O) groups is 4. The summed E-state index contributed by atoms with van der Waals surface area (Å²) in [5, 5.41) is 31.4. The number of hydrogen-bond donors (Lipinski definition) is 2. The fourth-order valence-electron chi connectivity index (χ4n) is 10.2. The number of carbonyl (C=O) groups excluding carboxylic acids is 4. The van der Waals surface area contributed by atoms with Crippen molar-refractivity contribution in [2.24, 2.45) is 40.0 Å². The molecule has 1 aliphatic carbocycles. The Bertz CT molecular complexity index is 2200. The number of benzene rings is 1. The number of aliphatic hydroxyl groups is 2. The minimum atomic E-state index is -3.37. The molecule has 0 unspecified atom stereocenters. The van der Waals surface area contributed by atoms with Crippen molar-refractivity contribution in [3.05, 3.63) is 41.7 Å². The molecule has 2 heterocycles. The third kappa shape index (κ3) is 15.6. The zero-order valence-corrected chi connectivity index (χ0v) is 44.0. The lowest BCUT2D eigenvalue weighted by Crippen LogP contribution is -2.58. The summed E-state index contributed by atoms with van der Waals surface area (Å²) in [6.45, 7) is 19.0. The summed E-state index contributed by atoms with van der Waals surface area (Å²) < 4.78 is 58.7. The molecule has 2 fully saturated rings. The Hall–Kier alpha value is -3.81. The summed E-state index contributed by atoms with van der Waals surface area (Å²) in [5.74, 6) is -4.17. The first kappa shape index (κ1) is 57.8. The standard InChI is InChI=1S/C51H80FN5O11S/c1-14-43(50(9,10)63)67-48(62)35(7)45(60)34(6)47(51(11)23-21-40(59)18-15-30(2)33(5)44(31(3)27-51)53-36(8)58)68-49-46(61)42(25-32(4)66-49)56(12)24-22-38-29-57(55-54-38)39(28-52)26-37-16-19-41(20-17-37)69(13,64)65/h16-17,19-20,29-35,39,42-43,46-47,49,61,63H,14-15,18,21-28H2,1-13H3/t30-,31-,32-,33-,34+,35-,39+,42+,43-,46-,47-,49+,51-/m1/s1. The molecule has 16 nitrogen and oxygen atoms in total. The first-order chi connectivity index (χ1) is 32.1. The van der Waals surface area contributed by atoms with Gasteiger partial charge in [0.15, 0.2) is 21.9 Å². The molecule has 1 amide bonds. The fourth-order valence-corrected chi connectivity index (χ4v) is 10.8. The van der Waals surface area contributed by atoms with Crippen LogP contribution in [0.3, 0.4) is 0 Å². The molecular formula is C51H80FN5O11S. The van der Waals surface area contributed by atoms with E-state index in [2.05, 4.69) is 22.2 Å². The molecule has 69 heavy (non-hydrogen) atoms. The maximum atomic E-state index is 14.6. The number of ketones is 2. The number of hydrogen-bond acceptors (Lipinski definition) is 14. The predicted octanol–water partition coefficient (Wildman–Crippen LogP) is 6.53. The zero-order valence-electron chi connectivity index (χ0n) is 43.2. The summed E-state index contributed by atoms with van der Waals surface area (Å²) in [7, 11) is -1.51. The van der Waals surface area contributed by atoms with Crippen molar-refractivity contribution in [2.45, 2.75) is 187 Å². The summed E-state index contributed by atoms with van der Waals surface area (Å²) in [6, 6.07) is 5.16. The number of esters is 1. The van der Waals surface area contributed by atoms with E-state index < -0.39 is 93.9 Å². The molecule has 2 N–H and O–H groups in total. The van der Waals surface area contributed by atoms with Gasteiger partial charge < -0.3 is 29.3 Å². The minimum absolute atomic E-state index is 0.0533. The van der Waals surface area contributed by atoms with Crippen molar-refractivity contribution >= 4 is 39.0 Å². The second kappa shape index (κ2) is 24.5. The molecule has 388 valence electrons. The molecule has 1 aliphatic heterocycles. The summed E-state index contributed by atoms with van der Waals surface area (Å²) in [5.41, 5.74) is -0.272. The number of rotatable bonds is 19. The molecule has 1 saturated heterocycles. The van der Waals surface area contributed by atoms with Crippen molar-refractivity contribution in [3.8, 4) is 0 Å². The van der Waals surface area contributed by atoms with Gasteiger partial charge in [-0.25, -0.2) is 22.5 Å². The molecule has 0 bridgehead atoms. The Balaban J connectivity index is 1.63. The van der Waals surface area contributed by atoms with Gasteiger partial charge in [-0.2, -0.15) is 0 Å². The van der Waals surface area contributed by atoms with Gasteiger partial charge in [-0.3, -0.25) is 19.2 Å². The zero-order chi connectivity index (χ0) is 51.8. The van der Waals surface area contributed by atoms with Crippen LogP contribution in [0.1, 0.15) is 138 Å². The van der Waals surface area contributed by atoms with Gasteiger partial charge in [0.25, 0.3) is 0 Å². The van der Waals surface area contributed by atoms with E-state index >= 15 is 0 Å². The van der Waals surface area contributed by atoms with Gasteiger partial charge in [0, 0.05) is 62.9 Å². The summed E-state index contributed by atoms with van der Waals surface area (Å²) in [4.78, 5) is 61.1. The number of halogens is 1. The van der Waals surface area contributed by atoms with Crippen molar-refractivity contribution in [3.63, 3.8) is 0 Å². The van der Waals surface area contributed by atoms with Crippen molar-refractivity contribution in [1.82, 2.24) is 19.9 Å². The third-order valence-corrected chi connectivity index (χ3v) is 15.8. The van der Waals surface area contributed by atoms with Crippen LogP contribution in [-0.2, 0) is 56.1 Å². The molecule has 0 radical (unpaired) electrons. The number of nitrogens with zero attached hydrogens (tertiary/aromatic N) is 5. The molecule has 4 rings (SSSR count). The van der Waals surface area contributed by atoms with Crippen LogP contribution < -0.4 is 0 Å². The lowest BCUT2D eigenvalue weighted by molar-refractivity contribution is -0.287. The number of aromatic nitrogens is 3. The number of sulfone groups is 1. The smallest absolute Gasteiger partial charge is 0.316 e. The number of Topliss-reactive ketones (excluding diaryl/α,β-unsaturated/α-hetero) is 2. The van der Waals surface area contributed by atoms with Gasteiger partial charge in [-0.05, 0) is 114 Å². The van der Waals surface area contributed by atoms with Crippen LogP contribution in [0.15, 0.2) is 40.4 Å². The SMILES string of the molecule is CC[C@@H](OC(=O)[C@H](C)C(=O)[C@H](C)[C@@H](O[C@@H]1O[C@H](C)C[C@H](N(C)CCc2cn([C@H](CF)Cc3ccc(S(C)(=O)=O)cc3)nn2)[C@H]1O)[C@]1(C)CCC(=O)CC[C@@H](C)[C@@H](C)C(=NC(C)=O)[C@H](C)C1)C(C)(C)O. The van der Waals surface area contributed by atoms with E-state index in [1.807, 2.05) is 39.6 Å². The van der Waals surface area contributed by atoms with Gasteiger partial charge in [0.1, 0.15) is 30.6 Å². The highest BCUT2D eigenvalue weighted by atomic mass is 32.2. The molecule has 18 heteroatoms. The quantitative estimate of drug-likeness (QED) is 0.113. The van der Waals surface area contributed by atoms with Gasteiger partial charge in [0.05, 0.1) is 34.4 Å². The molecule has 1 aromatic carbocycles. The Morgan fingerprint density at radius 2 is 1.77 bits per heavy atom. The van der Waals surface area contributed by atoms with Gasteiger partial charge in [0.2, 0.25) is 5.91 Å². The van der Waals surface area contributed by atoms with E-state index in [-0.39, 0.29) is 47.2 Å². The van der Waals surface area contributed by atoms with Crippen LogP contribution in [0, 0.1) is 35.0 Å². The number of aliphatic hydroxyl groups excluding tert-OH is 1. The van der Waals surface area contributed by atoms with Crippen LogP contribution in [0.4, 0.5) is 4.39 Å². The molecule has 2 aliphatic rings. The molecule has 0 spiro atoms. The van der Waals surface area contributed by atoms with Crippen LogP contribution in [0.5, 0.6) is 0 Å². The fraction of sp³-hybridized carbons (Fsp3) is 0.745. The van der Waals surface area contributed by atoms with E-state index in [1.54, 1.807) is 32.2 Å². The Morgan fingerprint density at radius 1 is 1.12 bits per heavy atom. The van der Waals surface area contributed by atoms with E-state index in [4.69, 9.17) is 14.2 Å². The maximum Gasteiger partial charge on any atom is 0.316 e. The van der Waals surface area contributed by atoms with Crippen LogP contribution >= 0.6 is 0 Å². The van der Waals surface area contributed by atoms with Crippen LogP contribution in [0.2, 0.25) is 0 Å². The number of alkyl halides is 1. The van der Waals surface area contributed by atoms with E-state index in [0.29, 0.717) is 62.9 Å². The summed E-state index contributed by atoms with van der Waals surface area (Å²) in [6.07, 6.45) is 1.27. The van der Waals surface area contributed by atoms with Gasteiger partial charge in [-0.1, -0.05) is 58.9 Å². The number of ether oxygens (including phenoxy) is 3. The Labute approximate surface area is 409 Å². The second-order valence-electron chi connectivity index (χ2n) is 21.1. The minimum Gasteiger partial charge on any atom is -0.459 e. The van der Waals surface area contributed by atoms with E-state index in [1.165, 1.54) is 44.5 Å². The average Bonchev–Trinajstić information content (AvgIpc) is 3.76. The Kier molecular flexibility index (Phi) is 20.5. The normalized spacial score (nSPS) is 28.3. The van der Waals surface area contributed by atoms with E-state index in [0.717, 1.165) is 11.8 Å². The first-order valence-electron chi connectivity index (χ1n) is 24.6. The molecule has 13 atom stereocenters. The van der Waals surface area contributed by atoms with Gasteiger partial charge >= 0.3 is 5.97 Å². The number of amides is 1. The highest BCUT2D eigenvalue weighted by Crippen LogP contribution is 2.45. The highest BCUT2D eigenvalue weighted by Gasteiger charge is 2.49. The third-order valence-electron chi connectivity index (χ3n) is 14.6. The maximum absolute atomic E-state index is 14.6. The van der Waals surface area contributed by atoms with Crippen LogP contribution in [0.25, 0.3) is 0 Å². The largest absolute Gasteiger partial charge is 0.459 e. The van der Waals surface area contributed by atoms with Crippen molar-refractivity contribution in [1.29, 1.82) is 0 Å². The number of likely N-dealkylation sites (N-methyl/N-ethyl adjacent to an activating group) is 1. The highest BCUT2D eigenvalue weighted by molar-refractivity contribution is 7.90. The van der Waals surface area contributed by atoms with Crippen molar-refractivity contribution in [2.75, 3.05) is 26.5 Å². The second-order valence-corrected chi connectivity index (χ2v) is 23.1. The molecule has 2 aromatic rings. The topological polar surface area (TPSA) is 217 Å². The van der Waals surface area contributed by atoms with E-state index in [9.17, 15) is 42.2 Å². The predicted molar refractivity (Wildman–Crippen MR) is 260 cm³/mol. The Morgan fingerprint density at radius 3 is 2.35 bits per heavy atom. The summed E-state index contributed by atoms with van der Waals surface area (Å²) >= 11 is 0. The monoisotopic (exact) mass is 990 g/mol.